The van der Waals surface area contributed by atoms with Crippen LogP contribution in [-0.4, -0.2) is 34.7 Å². The first-order chi connectivity index (χ1) is 5.95. The van der Waals surface area contributed by atoms with Crippen LogP contribution in [0.3, 0.4) is 0 Å². The maximum absolute atomic E-state index is 11.7. The summed E-state index contributed by atoms with van der Waals surface area (Å²) in [5.41, 5.74) is 2.42. The van der Waals surface area contributed by atoms with Crippen molar-refractivity contribution < 1.29 is 4.79 Å². The molecule has 1 heterocycles. The molecule has 0 aromatic carbocycles. The highest BCUT2D eigenvalue weighted by atomic mass is 16.2. The summed E-state index contributed by atoms with van der Waals surface area (Å²) in [5.74, 6) is 0.0168. The smallest absolute Gasteiger partial charge is 0.257 e. The first-order valence-corrected chi connectivity index (χ1v) is 4.17. The highest BCUT2D eigenvalue weighted by Crippen LogP contribution is 2.12. The van der Waals surface area contributed by atoms with Crippen molar-refractivity contribution in [2.45, 2.75) is 13.8 Å². The van der Waals surface area contributed by atoms with Gasteiger partial charge in [0.1, 0.15) is 0 Å². The number of nitrogens with zero attached hydrogens (tertiary/aromatic N) is 3. The summed E-state index contributed by atoms with van der Waals surface area (Å²) in [6.45, 7) is 3.75. The number of carbonyl (C=O) groups excluding carboxylic acids is 1. The number of hydrogen-bond donors (Lipinski definition) is 0. The lowest BCUT2D eigenvalue weighted by Crippen LogP contribution is -2.22. The van der Waals surface area contributed by atoms with Gasteiger partial charge < -0.3 is 4.90 Å². The zero-order valence-corrected chi connectivity index (χ0v) is 8.75. The molecule has 1 amide bonds. The summed E-state index contributed by atoms with van der Waals surface area (Å²) < 4.78 is 1.73. The van der Waals surface area contributed by atoms with Crippen LogP contribution < -0.4 is 0 Å². The Bertz CT molecular complexity index is 339. The highest BCUT2D eigenvalue weighted by Gasteiger charge is 2.18. The van der Waals surface area contributed by atoms with Crippen molar-refractivity contribution in [2.75, 3.05) is 14.1 Å². The number of hydrogen-bond acceptors (Lipinski definition) is 2. The third-order valence-electron chi connectivity index (χ3n) is 2.13. The Balaban J connectivity index is 3.21. The van der Waals surface area contributed by atoms with Crippen LogP contribution in [0.1, 0.15) is 21.7 Å². The number of aryl methyl sites for hydroxylation is 2. The lowest BCUT2D eigenvalue weighted by atomic mass is 10.2. The molecule has 0 aliphatic carbocycles. The van der Waals surface area contributed by atoms with Gasteiger partial charge in [0.15, 0.2) is 0 Å². The molecule has 0 bridgehead atoms. The molecule has 4 heteroatoms. The molecule has 0 aliphatic rings. The SMILES string of the molecule is Cc1nn(C)c(C)c1C(=O)N(C)C. The Kier molecular flexibility index (Phi) is 2.40. The lowest BCUT2D eigenvalue weighted by molar-refractivity contribution is 0.0826. The Morgan fingerprint density at radius 3 is 2.23 bits per heavy atom. The van der Waals surface area contributed by atoms with Crippen LogP contribution in [-0.2, 0) is 7.05 Å². The van der Waals surface area contributed by atoms with E-state index in [4.69, 9.17) is 0 Å². The van der Waals surface area contributed by atoms with Crippen molar-refractivity contribution in [3.8, 4) is 0 Å². The van der Waals surface area contributed by atoms with E-state index < -0.39 is 0 Å². The Hall–Kier alpha value is -1.32. The monoisotopic (exact) mass is 181 g/mol. The number of carbonyl (C=O) groups is 1. The molecule has 72 valence electrons. The van der Waals surface area contributed by atoms with Gasteiger partial charge in [-0.1, -0.05) is 0 Å². The molecule has 0 unspecified atom stereocenters. The second-order valence-corrected chi connectivity index (χ2v) is 3.37. The van der Waals surface area contributed by atoms with Gasteiger partial charge in [0.25, 0.3) is 5.91 Å². The molecule has 1 rings (SSSR count). The van der Waals surface area contributed by atoms with Crippen molar-refractivity contribution in [3.63, 3.8) is 0 Å². The zero-order chi connectivity index (χ0) is 10.2. The zero-order valence-electron chi connectivity index (χ0n) is 8.75. The molecule has 0 aliphatic heterocycles. The van der Waals surface area contributed by atoms with Gasteiger partial charge in [-0.25, -0.2) is 0 Å². The number of amides is 1. The third-order valence-corrected chi connectivity index (χ3v) is 2.13. The molecule has 0 spiro atoms. The highest BCUT2D eigenvalue weighted by molar-refractivity contribution is 5.96. The topological polar surface area (TPSA) is 38.1 Å². The van der Waals surface area contributed by atoms with Crippen molar-refractivity contribution in [1.29, 1.82) is 0 Å². The van der Waals surface area contributed by atoms with Crippen LogP contribution in [0.4, 0.5) is 0 Å². The minimum Gasteiger partial charge on any atom is -0.345 e. The summed E-state index contributed by atoms with van der Waals surface area (Å²) in [4.78, 5) is 13.2. The minimum atomic E-state index is 0.0168. The molecule has 0 saturated carbocycles. The van der Waals surface area contributed by atoms with E-state index in [-0.39, 0.29) is 5.91 Å². The fourth-order valence-electron chi connectivity index (χ4n) is 1.31. The van der Waals surface area contributed by atoms with Crippen molar-refractivity contribution in [2.24, 2.45) is 7.05 Å². The fourth-order valence-corrected chi connectivity index (χ4v) is 1.31. The quantitative estimate of drug-likeness (QED) is 0.641. The molecule has 0 saturated heterocycles. The maximum Gasteiger partial charge on any atom is 0.257 e. The molecular formula is C9H15N3O. The molecule has 0 N–H and O–H groups in total. The molecule has 0 atom stereocenters. The Morgan fingerprint density at radius 1 is 1.38 bits per heavy atom. The Labute approximate surface area is 78.1 Å². The first kappa shape index (κ1) is 9.77. The van der Waals surface area contributed by atoms with Crippen LogP contribution >= 0.6 is 0 Å². The van der Waals surface area contributed by atoms with Gasteiger partial charge in [0.2, 0.25) is 0 Å². The van der Waals surface area contributed by atoms with Gasteiger partial charge >= 0.3 is 0 Å². The van der Waals surface area contributed by atoms with E-state index in [9.17, 15) is 4.79 Å². The average Bonchev–Trinajstić information content (AvgIpc) is 2.26. The molecule has 1 aromatic heterocycles. The second-order valence-electron chi connectivity index (χ2n) is 3.37. The van der Waals surface area contributed by atoms with Crippen molar-refractivity contribution in [3.05, 3.63) is 17.0 Å². The first-order valence-electron chi connectivity index (χ1n) is 4.17. The van der Waals surface area contributed by atoms with Gasteiger partial charge in [0.05, 0.1) is 11.3 Å². The summed E-state index contributed by atoms with van der Waals surface area (Å²) in [6.07, 6.45) is 0. The van der Waals surface area contributed by atoms with Crippen LogP contribution in [0.15, 0.2) is 0 Å². The van der Waals surface area contributed by atoms with E-state index in [2.05, 4.69) is 5.10 Å². The van der Waals surface area contributed by atoms with Crippen molar-refractivity contribution in [1.82, 2.24) is 14.7 Å². The largest absolute Gasteiger partial charge is 0.345 e. The van der Waals surface area contributed by atoms with Gasteiger partial charge in [-0.3, -0.25) is 9.48 Å². The fraction of sp³-hybridized carbons (Fsp3) is 0.556. The second kappa shape index (κ2) is 3.20. The van der Waals surface area contributed by atoms with E-state index >= 15 is 0 Å². The molecule has 0 radical (unpaired) electrons. The predicted molar refractivity (Wildman–Crippen MR) is 50.7 cm³/mol. The molecular weight excluding hydrogens is 166 g/mol. The summed E-state index contributed by atoms with van der Waals surface area (Å²) in [5, 5.41) is 4.18. The van der Waals surface area contributed by atoms with E-state index in [1.807, 2.05) is 20.9 Å². The number of rotatable bonds is 1. The molecule has 4 nitrogen and oxygen atoms in total. The van der Waals surface area contributed by atoms with Crippen LogP contribution in [0.5, 0.6) is 0 Å². The molecule has 1 aromatic rings. The third kappa shape index (κ3) is 1.56. The van der Waals surface area contributed by atoms with Crippen molar-refractivity contribution >= 4 is 5.91 Å². The normalized spacial score (nSPS) is 10.2. The van der Waals surface area contributed by atoms with Gasteiger partial charge in [0, 0.05) is 26.8 Å². The van der Waals surface area contributed by atoms with E-state index in [0.717, 1.165) is 11.4 Å². The van der Waals surface area contributed by atoms with Crippen LogP contribution in [0, 0.1) is 13.8 Å². The van der Waals surface area contributed by atoms with Crippen LogP contribution in [0.25, 0.3) is 0 Å². The summed E-state index contributed by atoms with van der Waals surface area (Å²) >= 11 is 0. The lowest BCUT2D eigenvalue weighted by Gasteiger charge is -2.09. The predicted octanol–water partition coefficient (Wildman–Crippen LogP) is 0.739. The summed E-state index contributed by atoms with van der Waals surface area (Å²) in [6, 6.07) is 0. The van der Waals surface area contributed by atoms with Gasteiger partial charge in [-0.2, -0.15) is 5.10 Å². The minimum absolute atomic E-state index is 0.0168. The van der Waals surface area contributed by atoms with E-state index in [0.29, 0.717) is 5.56 Å². The Morgan fingerprint density at radius 2 is 1.92 bits per heavy atom. The van der Waals surface area contributed by atoms with Gasteiger partial charge in [-0.05, 0) is 13.8 Å². The van der Waals surface area contributed by atoms with E-state index in [1.54, 1.807) is 23.7 Å². The summed E-state index contributed by atoms with van der Waals surface area (Å²) in [7, 11) is 5.33. The van der Waals surface area contributed by atoms with E-state index in [1.165, 1.54) is 0 Å². The standard InChI is InChI=1S/C9H15N3O/c1-6-8(9(13)11(3)4)7(2)12(5)10-6/h1-5H3. The average molecular weight is 181 g/mol. The number of aromatic nitrogens is 2. The molecule has 13 heavy (non-hydrogen) atoms. The van der Waals surface area contributed by atoms with Gasteiger partial charge in [-0.15, -0.1) is 0 Å². The van der Waals surface area contributed by atoms with Crippen LogP contribution in [0.2, 0.25) is 0 Å². The molecule has 0 fully saturated rings. The maximum atomic E-state index is 11.7.